The van der Waals surface area contributed by atoms with Gasteiger partial charge in [0.2, 0.25) is 0 Å². The first-order valence-electron chi connectivity index (χ1n) is 11.3. The predicted octanol–water partition coefficient (Wildman–Crippen LogP) is 3.56. The number of aromatic nitrogens is 1. The molecule has 7 nitrogen and oxygen atoms in total. The van der Waals surface area contributed by atoms with Crippen LogP contribution in [0.3, 0.4) is 0 Å². The molecule has 0 bridgehead atoms. The third kappa shape index (κ3) is 4.59. The molecule has 34 heavy (non-hydrogen) atoms. The summed E-state index contributed by atoms with van der Waals surface area (Å²) in [6.45, 7) is 3.60. The molecule has 4 rings (SSSR count). The molecule has 1 saturated carbocycles. The molecular weight excluding hydrogens is 451 g/mol. The van der Waals surface area contributed by atoms with E-state index in [1.165, 1.54) is 12.5 Å². The Hall–Kier alpha value is -3.14. The van der Waals surface area contributed by atoms with Crippen LogP contribution in [0, 0.1) is 5.92 Å². The van der Waals surface area contributed by atoms with Crippen molar-refractivity contribution in [2.24, 2.45) is 11.7 Å². The summed E-state index contributed by atoms with van der Waals surface area (Å²) in [5, 5.41) is 0. The highest BCUT2D eigenvalue weighted by molar-refractivity contribution is 5.98. The van der Waals surface area contributed by atoms with E-state index in [2.05, 4.69) is 14.6 Å². The fourth-order valence-electron chi connectivity index (χ4n) is 4.75. The first kappa shape index (κ1) is 24.0. The molecule has 1 atom stereocenters. The standard InChI is InChI=1S/C24H26F3N3O4/c1-2-14-12-18(21(32)34-22(33)24(25,26)27)20(31)29-19(14)15-4-6-17(7-5-15)30-11-8-16(13-30)23(28)9-3-10-23/h4-7,12,16H,2-3,8-11,13,28H2,1H3,(H,29,31). The molecule has 1 aliphatic heterocycles. The lowest BCUT2D eigenvalue weighted by Crippen LogP contribution is -2.53. The molecule has 0 amide bonds. The number of nitrogens with two attached hydrogens (primary N) is 1. The van der Waals surface area contributed by atoms with Crippen LogP contribution in [-0.2, 0) is 16.0 Å². The number of carbonyl (C=O) groups is 2. The average Bonchev–Trinajstić information content (AvgIpc) is 3.27. The van der Waals surface area contributed by atoms with Crippen molar-refractivity contribution in [2.75, 3.05) is 18.0 Å². The molecule has 2 fully saturated rings. The molecule has 0 radical (unpaired) electrons. The lowest BCUT2D eigenvalue weighted by Gasteiger charge is -2.43. The number of aromatic amines is 1. The number of benzene rings is 1. The van der Waals surface area contributed by atoms with Crippen LogP contribution in [0.5, 0.6) is 0 Å². The summed E-state index contributed by atoms with van der Waals surface area (Å²) in [6, 6.07) is 8.76. The number of anilines is 1. The van der Waals surface area contributed by atoms with Crippen molar-refractivity contribution in [3.8, 4) is 11.3 Å². The first-order chi connectivity index (χ1) is 16.0. The summed E-state index contributed by atoms with van der Waals surface area (Å²) < 4.78 is 40.9. The Balaban J connectivity index is 1.53. The smallest absolute Gasteiger partial charge is 0.382 e. The van der Waals surface area contributed by atoms with E-state index in [1.54, 1.807) is 6.92 Å². The van der Waals surface area contributed by atoms with Gasteiger partial charge in [-0.05, 0) is 67.3 Å². The van der Waals surface area contributed by atoms with Crippen molar-refractivity contribution >= 4 is 17.6 Å². The summed E-state index contributed by atoms with van der Waals surface area (Å²) in [5.41, 5.74) is 7.57. The maximum absolute atomic E-state index is 12.4. The second-order valence-electron chi connectivity index (χ2n) is 9.01. The maximum Gasteiger partial charge on any atom is 0.491 e. The number of nitrogens with one attached hydrogen (secondary N) is 1. The first-order valence-corrected chi connectivity index (χ1v) is 11.3. The van der Waals surface area contributed by atoms with Crippen molar-refractivity contribution in [1.29, 1.82) is 0 Å². The van der Waals surface area contributed by atoms with Crippen molar-refractivity contribution in [2.45, 2.75) is 50.7 Å². The summed E-state index contributed by atoms with van der Waals surface area (Å²) in [5.74, 6) is -3.84. The van der Waals surface area contributed by atoms with Crippen LogP contribution < -0.4 is 16.2 Å². The molecule has 2 heterocycles. The maximum atomic E-state index is 12.4. The van der Waals surface area contributed by atoms with Crippen LogP contribution in [0.15, 0.2) is 35.1 Å². The van der Waals surface area contributed by atoms with Gasteiger partial charge in [-0.2, -0.15) is 13.2 Å². The largest absolute Gasteiger partial charge is 0.491 e. The van der Waals surface area contributed by atoms with Crippen LogP contribution in [-0.4, -0.2) is 41.7 Å². The molecule has 3 N–H and O–H groups in total. The second-order valence-corrected chi connectivity index (χ2v) is 9.01. The molecule has 0 spiro atoms. The number of esters is 2. The van der Waals surface area contributed by atoms with Gasteiger partial charge in [-0.1, -0.05) is 19.1 Å². The normalized spacial score (nSPS) is 19.6. The number of carbonyl (C=O) groups excluding carboxylic acids is 2. The van der Waals surface area contributed by atoms with Crippen LogP contribution in [0.2, 0.25) is 0 Å². The van der Waals surface area contributed by atoms with Crippen molar-refractivity contribution < 1.29 is 27.5 Å². The number of rotatable bonds is 5. The molecule has 182 valence electrons. The molecule has 1 aromatic heterocycles. The zero-order valence-electron chi connectivity index (χ0n) is 18.7. The van der Waals surface area contributed by atoms with Crippen LogP contribution in [0.25, 0.3) is 11.3 Å². The molecule has 1 aliphatic carbocycles. The van der Waals surface area contributed by atoms with E-state index in [9.17, 15) is 27.6 Å². The topological polar surface area (TPSA) is 105 Å². The monoisotopic (exact) mass is 477 g/mol. The highest BCUT2D eigenvalue weighted by atomic mass is 19.4. The van der Waals surface area contributed by atoms with E-state index in [0.717, 1.165) is 38.0 Å². The summed E-state index contributed by atoms with van der Waals surface area (Å²) in [6.07, 6.45) is -0.560. The van der Waals surface area contributed by atoms with Crippen molar-refractivity contribution in [1.82, 2.24) is 4.98 Å². The van der Waals surface area contributed by atoms with Gasteiger partial charge in [0.15, 0.2) is 0 Å². The minimum atomic E-state index is -5.34. The summed E-state index contributed by atoms with van der Waals surface area (Å²) in [7, 11) is 0. The Morgan fingerprint density at radius 3 is 2.47 bits per heavy atom. The lowest BCUT2D eigenvalue weighted by atomic mass is 9.68. The van der Waals surface area contributed by atoms with Crippen LogP contribution >= 0.6 is 0 Å². The van der Waals surface area contributed by atoms with Crippen molar-refractivity contribution in [3.05, 3.63) is 51.8 Å². The zero-order chi connectivity index (χ0) is 24.7. The van der Waals surface area contributed by atoms with Gasteiger partial charge in [-0.25, -0.2) is 9.59 Å². The van der Waals surface area contributed by atoms with E-state index in [-0.39, 0.29) is 5.54 Å². The van der Waals surface area contributed by atoms with Gasteiger partial charge in [0.05, 0.1) is 5.69 Å². The number of hydrogen-bond donors (Lipinski definition) is 2. The van der Waals surface area contributed by atoms with Gasteiger partial charge >= 0.3 is 18.1 Å². The van der Waals surface area contributed by atoms with Gasteiger partial charge in [-0.3, -0.25) is 4.79 Å². The molecule has 10 heteroatoms. The van der Waals surface area contributed by atoms with E-state index in [1.807, 2.05) is 24.3 Å². The van der Waals surface area contributed by atoms with E-state index < -0.39 is 29.2 Å². The second kappa shape index (κ2) is 8.90. The lowest BCUT2D eigenvalue weighted by molar-refractivity contribution is -0.193. The van der Waals surface area contributed by atoms with Crippen molar-refractivity contribution in [3.63, 3.8) is 0 Å². The SMILES string of the molecule is CCc1cc(C(=O)OC(=O)C(F)(F)F)c(=O)[nH]c1-c1ccc(N2CCC(C3(N)CCC3)C2)cc1. The molecule has 1 unspecified atom stereocenters. The van der Waals surface area contributed by atoms with Crippen LogP contribution in [0.4, 0.5) is 18.9 Å². The Morgan fingerprint density at radius 1 is 1.24 bits per heavy atom. The predicted molar refractivity (Wildman–Crippen MR) is 119 cm³/mol. The number of ether oxygens (including phenoxy) is 1. The summed E-state index contributed by atoms with van der Waals surface area (Å²) >= 11 is 0. The Morgan fingerprint density at radius 2 is 1.91 bits per heavy atom. The highest BCUT2D eigenvalue weighted by Crippen LogP contribution is 2.41. The number of nitrogens with zero attached hydrogens (tertiary/aromatic N) is 1. The number of pyridine rings is 1. The fraction of sp³-hybridized carbons (Fsp3) is 0.458. The fourth-order valence-corrected chi connectivity index (χ4v) is 4.75. The van der Waals surface area contributed by atoms with Gasteiger partial charge < -0.3 is 20.4 Å². The van der Waals surface area contributed by atoms with E-state index >= 15 is 0 Å². The number of hydrogen-bond acceptors (Lipinski definition) is 6. The number of alkyl halides is 3. The highest BCUT2D eigenvalue weighted by Gasteiger charge is 2.44. The minimum absolute atomic E-state index is 0.0438. The number of H-pyrrole nitrogens is 1. The van der Waals surface area contributed by atoms with Gasteiger partial charge in [0, 0.05) is 24.3 Å². The van der Waals surface area contributed by atoms with Crippen LogP contribution in [0.1, 0.15) is 48.5 Å². The Labute approximate surface area is 194 Å². The molecule has 1 saturated heterocycles. The molecule has 2 aliphatic rings. The molecular formula is C24H26F3N3O4. The van der Waals surface area contributed by atoms with E-state index in [4.69, 9.17) is 5.73 Å². The zero-order valence-corrected chi connectivity index (χ0v) is 18.7. The Bertz CT molecular complexity index is 1150. The van der Waals surface area contributed by atoms with Gasteiger partial charge in [0.1, 0.15) is 5.56 Å². The minimum Gasteiger partial charge on any atom is -0.382 e. The third-order valence-electron chi connectivity index (χ3n) is 6.95. The number of aryl methyl sites for hydroxylation is 1. The number of halogens is 3. The summed E-state index contributed by atoms with van der Waals surface area (Å²) in [4.78, 5) is 40.2. The van der Waals surface area contributed by atoms with Gasteiger partial charge in [0.25, 0.3) is 5.56 Å². The third-order valence-corrected chi connectivity index (χ3v) is 6.95. The molecule has 2 aromatic rings. The average molecular weight is 477 g/mol. The van der Waals surface area contributed by atoms with E-state index in [0.29, 0.717) is 29.2 Å². The molecule has 1 aromatic carbocycles. The Kier molecular flexibility index (Phi) is 6.28. The van der Waals surface area contributed by atoms with Gasteiger partial charge in [-0.15, -0.1) is 0 Å². The quantitative estimate of drug-likeness (QED) is 0.504.